The van der Waals surface area contributed by atoms with Gasteiger partial charge >= 0.3 is 0 Å². The zero-order valence-corrected chi connectivity index (χ0v) is 16.4. The van der Waals surface area contributed by atoms with Crippen molar-refractivity contribution in [1.82, 2.24) is 10.6 Å². The molecule has 2 atom stereocenters. The quantitative estimate of drug-likeness (QED) is 0.783. The molecular weight excluding hydrogens is 393 g/mol. The van der Waals surface area contributed by atoms with Crippen molar-refractivity contribution in [3.63, 3.8) is 0 Å². The van der Waals surface area contributed by atoms with Crippen LogP contribution in [-0.2, 0) is 14.6 Å². The molecular formula is C21H20FN3O3S. The number of amides is 1. The number of halogens is 1. The Morgan fingerprint density at radius 1 is 1.17 bits per heavy atom. The van der Waals surface area contributed by atoms with E-state index in [0.717, 1.165) is 5.56 Å². The maximum absolute atomic E-state index is 13.2. The van der Waals surface area contributed by atoms with Gasteiger partial charge in [0, 0.05) is 6.54 Å². The maximum Gasteiger partial charge on any atom is 0.238 e. The summed E-state index contributed by atoms with van der Waals surface area (Å²) in [4.78, 5) is 12.6. The van der Waals surface area contributed by atoms with Gasteiger partial charge in [-0.15, -0.1) is 0 Å². The van der Waals surface area contributed by atoms with Gasteiger partial charge in [-0.1, -0.05) is 24.3 Å². The van der Waals surface area contributed by atoms with E-state index in [-0.39, 0.29) is 29.6 Å². The monoisotopic (exact) mass is 413 g/mol. The Hall–Kier alpha value is -2.76. The first-order chi connectivity index (χ1) is 13.8. The minimum absolute atomic E-state index is 0.149. The largest absolute Gasteiger partial charge is 0.336 e. The number of nitrogens with one attached hydrogen (secondary N) is 2. The van der Waals surface area contributed by atoms with Crippen LogP contribution in [-0.4, -0.2) is 37.7 Å². The molecule has 1 saturated carbocycles. The molecule has 4 rings (SSSR count). The van der Waals surface area contributed by atoms with E-state index in [4.69, 9.17) is 5.26 Å². The number of nitriles is 1. The standard InChI is InChI=1S/C21H20FN3O3S/c22-16-6-4-14(5-7-16)15-2-1-3-17(10-15)29(27,28)18-11-19(24-12-18)20(26)25-21(13-23)8-9-21/h1-7,10,18-19,24H,8-9,11-12H2,(H,25,26). The Morgan fingerprint density at radius 3 is 2.55 bits per heavy atom. The lowest BCUT2D eigenvalue weighted by Crippen LogP contribution is -2.45. The second kappa shape index (κ2) is 7.25. The fourth-order valence-corrected chi connectivity index (χ4v) is 5.25. The van der Waals surface area contributed by atoms with E-state index >= 15 is 0 Å². The minimum Gasteiger partial charge on any atom is -0.336 e. The van der Waals surface area contributed by atoms with Crippen LogP contribution in [0, 0.1) is 17.1 Å². The van der Waals surface area contributed by atoms with Gasteiger partial charge in [0.05, 0.1) is 22.3 Å². The number of nitrogens with zero attached hydrogens (tertiary/aromatic N) is 1. The second-order valence-corrected chi connectivity index (χ2v) is 9.81. The number of benzene rings is 2. The molecule has 150 valence electrons. The number of sulfone groups is 1. The van der Waals surface area contributed by atoms with Gasteiger partial charge in [-0.25, -0.2) is 12.8 Å². The zero-order valence-electron chi connectivity index (χ0n) is 15.6. The molecule has 0 aromatic heterocycles. The van der Waals surface area contributed by atoms with Gasteiger partial charge in [-0.3, -0.25) is 4.79 Å². The van der Waals surface area contributed by atoms with Crippen LogP contribution in [0.5, 0.6) is 0 Å². The van der Waals surface area contributed by atoms with Gasteiger partial charge in [0.15, 0.2) is 9.84 Å². The van der Waals surface area contributed by atoms with Crippen molar-refractivity contribution in [3.8, 4) is 17.2 Å². The SMILES string of the molecule is N#CC1(NC(=O)C2CC(S(=O)(=O)c3cccc(-c4ccc(F)cc4)c3)CN2)CC1. The van der Waals surface area contributed by atoms with Crippen LogP contribution in [0.15, 0.2) is 53.4 Å². The molecule has 2 aromatic carbocycles. The smallest absolute Gasteiger partial charge is 0.238 e. The summed E-state index contributed by atoms with van der Waals surface area (Å²) >= 11 is 0. The number of carbonyl (C=O) groups excluding carboxylic acids is 1. The highest BCUT2D eigenvalue weighted by Gasteiger charge is 2.47. The first kappa shape index (κ1) is 19.6. The molecule has 8 heteroatoms. The summed E-state index contributed by atoms with van der Waals surface area (Å²) < 4.78 is 39.4. The number of hydrogen-bond donors (Lipinski definition) is 2. The Morgan fingerprint density at radius 2 is 1.90 bits per heavy atom. The summed E-state index contributed by atoms with van der Waals surface area (Å²) in [6, 6.07) is 13.8. The molecule has 0 bridgehead atoms. The Balaban J connectivity index is 1.50. The van der Waals surface area contributed by atoms with E-state index in [2.05, 4.69) is 16.7 Å². The molecule has 2 aromatic rings. The van der Waals surface area contributed by atoms with E-state index in [1.165, 1.54) is 18.2 Å². The molecule has 2 unspecified atom stereocenters. The summed E-state index contributed by atoms with van der Waals surface area (Å²) in [7, 11) is -3.66. The average molecular weight is 413 g/mol. The lowest BCUT2D eigenvalue weighted by Gasteiger charge is -2.15. The van der Waals surface area contributed by atoms with Crippen LogP contribution in [0.2, 0.25) is 0 Å². The predicted molar refractivity (Wildman–Crippen MR) is 105 cm³/mol. The molecule has 29 heavy (non-hydrogen) atoms. The maximum atomic E-state index is 13.2. The van der Waals surface area contributed by atoms with Crippen LogP contribution in [0.1, 0.15) is 19.3 Å². The van der Waals surface area contributed by atoms with Crippen molar-refractivity contribution in [2.24, 2.45) is 0 Å². The molecule has 1 amide bonds. The molecule has 1 saturated heterocycles. The first-order valence-electron chi connectivity index (χ1n) is 9.40. The third kappa shape index (κ3) is 3.88. The second-order valence-electron chi connectivity index (χ2n) is 7.58. The third-order valence-corrected chi connectivity index (χ3v) is 7.66. The van der Waals surface area contributed by atoms with Crippen LogP contribution in [0.4, 0.5) is 4.39 Å². The molecule has 0 spiro atoms. The van der Waals surface area contributed by atoms with Crippen molar-refractivity contribution in [3.05, 3.63) is 54.3 Å². The van der Waals surface area contributed by atoms with Crippen molar-refractivity contribution < 1.29 is 17.6 Å². The predicted octanol–water partition coefficient (Wildman–Crippen LogP) is 2.17. The van der Waals surface area contributed by atoms with Gasteiger partial charge in [0.2, 0.25) is 5.91 Å². The lowest BCUT2D eigenvalue weighted by atomic mass is 10.1. The van der Waals surface area contributed by atoms with Gasteiger partial charge in [0.25, 0.3) is 0 Å². The van der Waals surface area contributed by atoms with Crippen LogP contribution >= 0.6 is 0 Å². The fraction of sp³-hybridized carbons (Fsp3) is 0.333. The summed E-state index contributed by atoms with van der Waals surface area (Å²) in [5.74, 6) is -0.690. The molecule has 2 fully saturated rings. The molecule has 2 aliphatic rings. The van der Waals surface area contributed by atoms with Crippen molar-refractivity contribution in [1.29, 1.82) is 5.26 Å². The Bertz CT molecular complexity index is 1090. The van der Waals surface area contributed by atoms with E-state index < -0.39 is 26.7 Å². The van der Waals surface area contributed by atoms with E-state index in [0.29, 0.717) is 18.4 Å². The summed E-state index contributed by atoms with van der Waals surface area (Å²) in [5, 5.41) is 14.1. The topological polar surface area (TPSA) is 99.1 Å². The van der Waals surface area contributed by atoms with Crippen LogP contribution in [0.3, 0.4) is 0 Å². The van der Waals surface area contributed by atoms with Crippen molar-refractivity contribution >= 4 is 15.7 Å². The number of carbonyl (C=O) groups is 1. The summed E-state index contributed by atoms with van der Waals surface area (Å²) in [5.41, 5.74) is 0.617. The Kier molecular flexibility index (Phi) is 4.89. The molecule has 6 nitrogen and oxygen atoms in total. The average Bonchev–Trinajstić information content (AvgIpc) is 3.30. The Labute approximate surface area is 168 Å². The third-order valence-electron chi connectivity index (χ3n) is 5.51. The van der Waals surface area contributed by atoms with Crippen molar-refractivity contribution in [2.45, 2.75) is 41.0 Å². The van der Waals surface area contributed by atoms with Gasteiger partial charge in [0.1, 0.15) is 11.4 Å². The summed E-state index contributed by atoms with van der Waals surface area (Å²) in [6.45, 7) is 0.167. The summed E-state index contributed by atoms with van der Waals surface area (Å²) in [6.07, 6.45) is 1.40. The lowest BCUT2D eigenvalue weighted by molar-refractivity contribution is -0.123. The number of rotatable bonds is 5. The fourth-order valence-electron chi connectivity index (χ4n) is 3.54. The number of hydrogen-bond acceptors (Lipinski definition) is 5. The van der Waals surface area contributed by atoms with E-state index in [9.17, 15) is 17.6 Å². The van der Waals surface area contributed by atoms with Gasteiger partial charge in [-0.2, -0.15) is 5.26 Å². The molecule has 1 aliphatic heterocycles. The zero-order chi connectivity index (χ0) is 20.6. The first-order valence-corrected chi connectivity index (χ1v) is 10.9. The molecule has 2 N–H and O–H groups in total. The highest BCUT2D eigenvalue weighted by molar-refractivity contribution is 7.92. The van der Waals surface area contributed by atoms with Gasteiger partial charge in [-0.05, 0) is 54.7 Å². The van der Waals surface area contributed by atoms with Crippen LogP contribution < -0.4 is 10.6 Å². The molecule has 0 radical (unpaired) electrons. The minimum atomic E-state index is -3.66. The van der Waals surface area contributed by atoms with E-state index in [1.807, 2.05) is 0 Å². The highest BCUT2D eigenvalue weighted by Crippen LogP contribution is 2.35. The molecule has 1 heterocycles. The van der Waals surface area contributed by atoms with E-state index in [1.54, 1.807) is 30.3 Å². The normalized spacial score (nSPS) is 22.6. The van der Waals surface area contributed by atoms with Crippen LogP contribution in [0.25, 0.3) is 11.1 Å². The highest BCUT2D eigenvalue weighted by atomic mass is 32.2. The molecule has 1 aliphatic carbocycles. The van der Waals surface area contributed by atoms with Gasteiger partial charge < -0.3 is 10.6 Å². The van der Waals surface area contributed by atoms with Crippen molar-refractivity contribution in [2.75, 3.05) is 6.54 Å².